The number of halogens is 1. The maximum Gasteiger partial charge on any atom is 0.267 e. The molecular formula is C21H20FN3O. The number of hydrogen-bond donors (Lipinski definition) is 2. The molecule has 0 spiro atoms. The van der Waals surface area contributed by atoms with Gasteiger partial charge in [-0.05, 0) is 66.6 Å². The number of aromatic amines is 1. The number of nitrogens with one attached hydrogen (secondary N) is 1. The van der Waals surface area contributed by atoms with Crippen molar-refractivity contribution in [1.29, 1.82) is 0 Å². The fourth-order valence-electron chi connectivity index (χ4n) is 3.63. The Labute approximate surface area is 150 Å². The van der Waals surface area contributed by atoms with Crippen LogP contribution >= 0.6 is 0 Å². The number of aromatic nitrogens is 2. The van der Waals surface area contributed by atoms with Gasteiger partial charge in [-0.2, -0.15) is 5.10 Å². The Kier molecular flexibility index (Phi) is 4.29. The maximum atomic E-state index is 14.3. The zero-order valence-electron chi connectivity index (χ0n) is 14.4. The van der Waals surface area contributed by atoms with Crippen LogP contribution in [0.3, 0.4) is 0 Å². The number of nitrogens with zero attached hydrogens (tertiary/aromatic N) is 1. The Balaban J connectivity index is 1.71. The molecule has 4 nitrogen and oxygen atoms in total. The summed E-state index contributed by atoms with van der Waals surface area (Å²) in [5, 5.41) is 6.89. The van der Waals surface area contributed by atoms with Crippen molar-refractivity contribution in [3.63, 3.8) is 0 Å². The molecule has 0 amide bonds. The number of benzene rings is 2. The summed E-state index contributed by atoms with van der Waals surface area (Å²) >= 11 is 0. The molecule has 0 bridgehead atoms. The third-order valence-corrected chi connectivity index (χ3v) is 5.01. The van der Waals surface area contributed by atoms with Gasteiger partial charge in [-0.25, -0.2) is 9.49 Å². The lowest BCUT2D eigenvalue weighted by Gasteiger charge is -2.17. The van der Waals surface area contributed by atoms with Crippen LogP contribution in [0.2, 0.25) is 0 Å². The van der Waals surface area contributed by atoms with Crippen LogP contribution in [0.5, 0.6) is 0 Å². The van der Waals surface area contributed by atoms with Crippen molar-refractivity contribution >= 4 is 5.69 Å². The summed E-state index contributed by atoms with van der Waals surface area (Å²) < 4.78 is 14.3. The lowest BCUT2D eigenvalue weighted by molar-refractivity contribution is 0.630. The Hall–Kier alpha value is -2.95. The third-order valence-electron chi connectivity index (χ3n) is 5.01. The molecule has 1 aromatic heterocycles. The summed E-state index contributed by atoms with van der Waals surface area (Å²) in [6.07, 6.45) is 4.37. The van der Waals surface area contributed by atoms with Crippen LogP contribution in [0.15, 0.2) is 47.3 Å². The topological polar surface area (TPSA) is 71.8 Å². The van der Waals surface area contributed by atoms with Crippen molar-refractivity contribution in [3.05, 3.63) is 81.0 Å². The van der Waals surface area contributed by atoms with Gasteiger partial charge >= 0.3 is 0 Å². The summed E-state index contributed by atoms with van der Waals surface area (Å²) in [7, 11) is 0. The number of hydrogen-bond acceptors (Lipinski definition) is 3. The van der Waals surface area contributed by atoms with E-state index in [1.807, 2.05) is 18.2 Å². The molecule has 3 N–H and O–H groups in total. The second-order valence-electron chi connectivity index (χ2n) is 6.78. The SMILES string of the molecule is Nc1ccc(-c2cc(Cc3n[nH]c(=O)c4c3CCCC4)ccc2F)cc1. The summed E-state index contributed by atoms with van der Waals surface area (Å²) in [5.74, 6) is -0.269. The molecule has 1 aliphatic carbocycles. The monoisotopic (exact) mass is 349 g/mol. The third kappa shape index (κ3) is 3.12. The highest BCUT2D eigenvalue weighted by Crippen LogP contribution is 2.27. The fourth-order valence-corrected chi connectivity index (χ4v) is 3.63. The zero-order valence-corrected chi connectivity index (χ0v) is 14.4. The standard InChI is InChI=1S/C21H20FN3O/c22-19-10-5-13(11-18(19)14-6-8-15(23)9-7-14)12-20-16-3-1-2-4-17(16)21(26)25-24-20/h5-11H,1-4,12,23H2,(H,25,26). The molecule has 0 radical (unpaired) electrons. The Morgan fingerprint density at radius 1 is 1.04 bits per heavy atom. The Morgan fingerprint density at radius 2 is 1.77 bits per heavy atom. The van der Waals surface area contributed by atoms with E-state index in [9.17, 15) is 9.18 Å². The molecule has 0 unspecified atom stereocenters. The first kappa shape index (κ1) is 16.5. The molecule has 0 saturated carbocycles. The highest BCUT2D eigenvalue weighted by molar-refractivity contribution is 5.67. The molecule has 0 atom stereocenters. The molecule has 1 heterocycles. The van der Waals surface area contributed by atoms with E-state index in [4.69, 9.17) is 5.73 Å². The van der Waals surface area contributed by atoms with E-state index in [2.05, 4.69) is 10.2 Å². The molecule has 0 saturated heterocycles. The average Bonchev–Trinajstić information content (AvgIpc) is 2.66. The van der Waals surface area contributed by atoms with Crippen molar-refractivity contribution in [2.45, 2.75) is 32.1 Å². The molecule has 0 fully saturated rings. The van der Waals surface area contributed by atoms with Gasteiger partial charge in [0.25, 0.3) is 5.56 Å². The quantitative estimate of drug-likeness (QED) is 0.709. The normalized spacial score (nSPS) is 13.4. The van der Waals surface area contributed by atoms with E-state index in [-0.39, 0.29) is 11.4 Å². The van der Waals surface area contributed by atoms with Gasteiger partial charge in [-0.1, -0.05) is 18.2 Å². The van der Waals surface area contributed by atoms with Crippen LogP contribution in [0.25, 0.3) is 11.1 Å². The molecule has 0 aliphatic heterocycles. The first-order valence-electron chi connectivity index (χ1n) is 8.85. The van der Waals surface area contributed by atoms with Crippen molar-refractivity contribution in [1.82, 2.24) is 10.2 Å². The van der Waals surface area contributed by atoms with Crippen molar-refractivity contribution in [3.8, 4) is 11.1 Å². The molecule has 5 heteroatoms. The van der Waals surface area contributed by atoms with Gasteiger partial charge in [0, 0.05) is 23.2 Å². The van der Waals surface area contributed by atoms with Crippen LogP contribution in [-0.4, -0.2) is 10.2 Å². The molecule has 4 rings (SSSR count). The van der Waals surface area contributed by atoms with Crippen LogP contribution in [-0.2, 0) is 19.3 Å². The molecule has 1 aliphatic rings. The fraction of sp³-hybridized carbons (Fsp3) is 0.238. The number of rotatable bonds is 3. The van der Waals surface area contributed by atoms with E-state index >= 15 is 0 Å². The predicted molar refractivity (Wildman–Crippen MR) is 101 cm³/mol. The number of fused-ring (bicyclic) bond motifs is 1. The number of nitrogens with two attached hydrogens (primary N) is 1. The van der Waals surface area contributed by atoms with Crippen molar-refractivity contribution < 1.29 is 4.39 Å². The lowest BCUT2D eigenvalue weighted by atomic mass is 9.90. The first-order chi connectivity index (χ1) is 12.6. The smallest absolute Gasteiger partial charge is 0.267 e. The van der Waals surface area contributed by atoms with Crippen molar-refractivity contribution in [2.24, 2.45) is 0 Å². The molecule has 132 valence electrons. The summed E-state index contributed by atoms with van der Waals surface area (Å²) in [6.45, 7) is 0. The van der Waals surface area contributed by atoms with Gasteiger partial charge in [0.1, 0.15) is 5.82 Å². The van der Waals surface area contributed by atoms with Gasteiger partial charge in [-0.3, -0.25) is 4.79 Å². The summed E-state index contributed by atoms with van der Waals surface area (Å²) in [6, 6.07) is 12.3. The Bertz CT molecular complexity index is 1010. The molecule has 26 heavy (non-hydrogen) atoms. The zero-order chi connectivity index (χ0) is 18.1. The minimum absolute atomic E-state index is 0.0786. The lowest BCUT2D eigenvalue weighted by Crippen LogP contribution is -2.23. The highest BCUT2D eigenvalue weighted by Gasteiger charge is 2.18. The number of nitrogen functional groups attached to an aromatic ring is 1. The van der Waals surface area contributed by atoms with E-state index in [1.165, 1.54) is 6.07 Å². The number of H-pyrrole nitrogens is 1. The van der Waals surface area contributed by atoms with Gasteiger partial charge in [0.2, 0.25) is 0 Å². The van der Waals surface area contributed by atoms with Crippen LogP contribution in [0.1, 0.15) is 35.2 Å². The summed E-state index contributed by atoms with van der Waals surface area (Å²) in [5.41, 5.74) is 11.4. The number of anilines is 1. The van der Waals surface area contributed by atoms with E-state index in [0.717, 1.165) is 53.6 Å². The minimum Gasteiger partial charge on any atom is -0.399 e. The maximum absolute atomic E-state index is 14.3. The second kappa shape index (κ2) is 6.75. The average molecular weight is 349 g/mol. The van der Waals surface area contributed by atoms with Crippen LogP contribution in [0, 0.1) is 5.82 Å². The largest absolute Gasteiger partial charge is 0.399 e. The van der Waals surface area contributed by atoms with Gasteiger partial charge in [0.05, 0.1) is 5.69 Å². The molecular weight excluding hydrogens is 329 g/mol. The van der Waals surface area contributed by atoms with E-state index < -0.39 is 0 Å². The second-order valence-corrected chi connectivity index (χ2v) is 6.78. The predicted octanol–water partition coefficient (Wildman–Crippen LogP) is 3.63. The van der Waals surface area contributed by atoms with Gasteiger partial charge in [0.15, 0.2) is 0 Å². The van der Waals surface area contributed by atoms with E-state index in [1.54, 1.807) is 18.2 Å². The van der Waals surface area contributed by atoms with Gasteiger partial charge in [-0.15, -0.1) is 0 Å². The first-order valence-corrected chi connectivity index (χ1v) is 8.85. The van der Waals surface area contributed by atoms with E-state index in [0.29, 0.717) is 17.7 Å². The van der Waals surface area contributed by atoms with Crippen LogP contribution in [0.4, 0.5) is 10.1 Å². The molecule has 3 aromatic rings. The van der Waals surface area contributed by atoms with Gasteiger partial charge < -0.3 is 5.73 Å². The molecule has 2 aromatic carbocycles. The Morgan fingerprint density at radius 3 is 2.54 bits per heavy atom. The minimum atomic E-state index is -0.269. The summed E-state index contributed by atoms with van der Waals surface area (Å²) in [4.78, 5) is 12.0. The van der Waals surface area contributed by atoms with Crippen LogP contribution < -0.4 is 11.3 Å². The highest BCUT2D eigenvalue weighted by atomic mass is 19.1. The van der Waals surface area contributed by atoms with Crippen molar-refractivity contribution in [2.75, 3.05) is 5.73 Å².